The summed E-state index contributed by atoms with van der Waals surface area (Å²) in [6.45, 7) is 14.9. The topological polar surface area (TPSA) is 68.6 Å². The molecule has 1 aromatic heterocycles. The predicted octanol–water partition coefficient (Wildman–Crippen LogP) is 7.97. The molecular formula is C37H54Cl3FN4O3. The summed E-state index contributed by atoms with van der Waals surface area (Å²) in [6.07, 6.45) is 4.34. The van der Waals surface area contributed by atoms with Gasteiger partial charge in [-0.3, -0.25) is 9.48 Å². The Morgan fingerprint density at radius 1 is 1.00 bits per heavy atom. The minimum Gasteiger partial charge on any atom is -0.494 e. The Labute approximate surface area is 304 Å². The maximum atomic E-state index is 14.2. The summed E-state index contributed by atoms with van der Waals surface area (Å²) in [7, 11) is 0. The van der Waals surface area contributed by atoms with Gasteiger partial charge in [0.05, 0.1) is 18.8 Å². The molecule has 268 valence electrons. The molecule has 5 rings (SSSR count). The largest absolute Gasteiger partial charge is 0.494 e. The molecule has 0 bridgehead atoms. The minimum absolute atomic E-state index is 0. The number of aryl methyl sites for hydroxylation is 1. The zero-order valence-electron chi connectivity index (χ0n) is 29.0. The van der Waals surface area contributed by atoms with Gasteiger partial charge >= 0.3 is 5.97 Å². The van der Waals surface area contributed by atoms with Crippen LogP contribution in [0.15, 0.2) is 54.6 Å². The Morgan fingerprint density at radius 3 is 2.40 bits per heavy atom. The number of rotatable bonds is 12. The molecule has 1 aliphatic heterocycles. The summed E-state index contributed by atoms with van der Waals surface area (Å²) in [6, 6.07) is 17.6. The van der Waals surface area contributed by atoms with E-state index < -0.39 is 0 Å². The Kier molecular flexibility index (Phi) is 16.7. The molecule has 11 heteroatoms. The lowest BCUT2D eigenvalue weighted by molar-refractivity contribution is -0.148. The number of hydrogen-bond acceptors (Lipinski definition) is 6. The van der Waals surface area contributed by atoms with E-state index in [0.717, 1.165) is 75.3 Å². The second-order valence-corrected chi connectivity index (χ2v) is 13.8. The summed E-state index contributed by atoms with van der Waals surface area (Å²) in [5.74, 6) is 1.42. The fourth-order valence-corrected chi connectivity index (χ4v) is 7.10. The quantitative estimate of drug-likeness (QED) is 0.191. The van der Waals surface area contributed by atoms with Crippen LogP contribution in [0.4, 0.5) is 4.39 Å². The summed E-state index contributed by atoms with van der Waals surface area (Å²) in [4.78, 5) is 15.2. The van der Waals surface area contributed by atoms with E-state index in [2.05, 4.69) is 40.0 Å². The van der Waals surface area contributed by atoms with Crippen molar-refractivity contribution in [2.45, 2.75) is 96.7 Å². The molecule has 1 saturated heterocycles. The van der Waals surface area contributed by atoms with Crippen LogP contribution in [-0.2, 0) is 22.5 Å². The van der Waals surface area contributed by atoms with Crippen molar-refractivity contribution in [3.05, 3.63) is 82.9 Å². The number of likely N-dealkylation sites (tertiary alicyclic amines) is 1. The van der Waals surface area contributed by atoms with Gasteiger partial charge in [-0.25, -0.2) is 4.39 Å². The van der Waals surface area contributed by atoms with Gasteiger partial charge in [0.2, 0.25) is 0 Å². The van der Waals surface area contributed by atoms with Gasteiger partial charge in [0.1, 0.15) is 17.7 Å². The number of carbonyl (C=O) groups is 1. The van der Waals surface area contributed by atoms with Crippen molar-refractivity contribution in [2.24, 2.45) is 5.92 Å². The molecule has 0 amide bonds. The fraction of sp³-hybridized carbons (Fsp3) is 0.568. The van der Waals surface area contributed by atoms with Gasteiger partial charge in [-0.15, -0.1) is 37.2 Å². The van der Waals surface area contributed by atoms with Gasteiger partial charge in [0.25, 0.3) is 0 Å². The van der Waals surface area contributed by atoms with Crippen molar-refractivity contribution in [2.75, 3.05) is 32.8 Å². The zero-order chi connectivity index (χ0) is 32.0. The normalized spacial score (nSPS) is 19.9. The molecule has 0 spiro atoms. The van der Waals surface area contributed by atoms with Crippen LogP contribution in [-0.4, -0.2) is 65.1 Å². The molecule has 1 saturated carbocycles. The van der Waals surface area contributed by atoms with Crippen molar-refractivity contribution in [3.8, 4) is 5.75 Å². The highest BCUT2D eigenvalue weighted by molar-refractivity contribution is 5.86. The van der Waals surface area contributed by atoms with Gasteiger partial charge in [-0.1, -0.05) is 24.3 Å². The van der Waals surface area contributed by atoms with Crippen molar-refractivity contribution < 1.29 is 18.7 Å². The van der Waals surface area contributed by atoms with Gasteiger partial charge in [-0.05, 0) is 127 Å². The van der Waals surface area contributed by atoms with E-state index in [1.54, 1.807) is 12.1 Å². The van der Waals surface area contributed by atoms with Gasteiger partial charge < -0.3 is 19.7 Å². The third-order valence-electron chi connectivity index (χ3n) is 9.24. The molecule has 7 nitrogen and oxygen atoms in total. The summed E-state index contributed by atoms with van der Waals surface area (Å²) >= 11 is 0. The number of esters is 1. The average Bonchev–Trinajstić information content (AvgIpc) is 3.60. The first-order valence-electron chi connectivity index (χ1n) is 16.8. The molecule has 0 radical (unpaired) electrons. The number of ether oxygens (including phenoxy) is 2. The Bertz CT molecular complexity index is 1420. The van der Waals surface area contributed by atoms with Crippen molar-refractivity contribution >= 4 is 43.2 Å². The van der Waals surface area contributed by atoms with Crippen LogP contribution in [0, 0.1) is 11.7 Å². The van der Waals surface area contributed by atoms with Crippen LogP contribution in [0.25, 0.3) is 0 Å². The fourth-order valence-electron chi connectivity index (χ4n) is 7.10. The summed E-state index contributed by atoms with van der Waals surface area (Å²) < 4.78 is 28.1. The van der Waals surface area contributed by atoms with Gasteiger partial charge in [-0.2, -0.15) is 5.10 Å². The van der Waals surface area contributed by atoms with Crippen LogP contribution >= 0.6 is 37.2 Å². The number of halogens is 4. The highest BCUT2D eigenvalue weighted by atomic mass is 35.5. The number of hydrogen-bond donors (Lipinski definition) is 1. The van der Waals surface area contributed by atoms with Gasteiger partial charge in [0.15, 0.2) is 0 Å². The maximum Gasteiger partial charge on any atom is 0.320 e. The Morgan fingerprint density at radius 2 is 1.73 bits per heavy atom. The molecule has 1 aliphatic carbocycles. The first kappa shape index (κ1) is 41.8. The zero-order valence-corrected chi connectivity index (χ0v) is 31.4. The Balaban J connectivity index is 0.00000267. The first-order chi connectivity index (χ1) is 21.6. The molecule has 2 aliphatic rings. The molecule has 2 heterocycles. The SMILES string of the molecule is CCOc1cccc(Cc2cc(C3CCN(C[C@H]4C[C@H](OC(=O)CNC(C)(C)C)C[C@@H]4c4cccc(F)c4)CC3)n(CC)n2)c1.Cl.Cl.Cl. The predicted molar refractivity (Wildman–Crippen MR) is 198 cm³/mol. The number of benzene rings is 2. The van der Waals surface area contributed by atoms with Gasteiger partial charge in [0, 0.05) is 36.7 Å². The van der Waals surface area contributed by atoms with E-state index in [-0.39, 0.29) is 73.1 Å². The molecule has 0 unspecified atom stereocenters. The van der Waals surface area contributed by atoms with E-state index >= 15 is 0 Å². The third kappa shape index (κ3) is 11.6. The summed E-state index contributed by atoms with van der Waals surface area (Å²) in [5, 5.41) is 8.20. The maximum absolute atomic E-state index is 14.2. The van der Waals surface area contributed by atoms with Crippen LogP contribution in [0.3, 0.4) is 0 Å². The standard InChI is InChI=1S/C37H51FN4O3.3ClH/c1-6-42-35(22-31(40-42)18-26-10-8-13-32(19-26)44-7-2)27-14-16-41(17-15-27)25-29-21-33(45-36(43)24-39-37(3,4)5)23-34(29)28-11-9-12-30(38)20-28;;;/h8-13,19-20,22,27,29,33-34,39H,6-7,14-18,21,23-25H2,1-5H3;3*1H/t29-,33+,34-;;;/m1.../s1. The number of nitrogens with one attached hydrogen (secondary N) is 1. The van der Waals surface area contributed by atoms with Crippen LogP contribution in [0.1, 0.15) is 94.7 Å². The van der Waals surface area contributed by atoms with E-state index in [4.69, 9.17) is 14.6 Å². The molecule has 3 atom stereocenters. The van der Waals surface area contributed by atoms with Crippen LogP contribution < -0.4 is 10.1 Å². The highest BCUT2D eigenvalue weighted by Crippen LogP contribution is 2.42. The average molecular weight is 728 g/mol. The number of aromatic nitrogens is 2. The van der Waals surface area contributed by atoms with E-state index in [0.29, 0.717) is 18.4 Å². The molecule has 2 fully saturated rings. The molecular weight excluding hydrogens is 674 g/mol. The summed E-state index contributed by atoms with van der Waals surface area (Å²) in [5.41, 5.74) is 4.50. The molecule has 2 aromatic carbocycles. The van der Waals surface area contributed by atoms with Crippen molar-refractivity contribution in [1.29, 1.82) is 0 Å². The highest BCUT2D eigenvalue weighted by Gasteiger charge is 2.39. The van der Waals surface area contributed by atoms with Crippen molar-refractivity contribution in [3.63, 3.8) is 0 Å². The van der Waals surface area contributed by atoms with Crippen molar-refractivity contribution in [1.82, 2.24) is 20.0 Å². The molecule has 1 N–H and O–H groups in total. The van der Waals surface area contributed by atoms with Crippen LogP contribution in [0.5, 0.6) is 5.75 Å². The van der Waals surface area contributed by atoms with E-state index in [1.807, 2.05) is 45.9 Å². The number of piperidine rings is 1. The monoisotopic (exact) mass is 726 g/mol. The minimum atomic E-state index is -0.219. The second kappa shape index (κ2) is 19.1. The molecule has 48 heavy (non-hydrogen) atoms. The van der Waals surface area contributed by atoms with E-state index in [1.165, 1.54) is 17.3 Å². The first-order valence-corrected chi connectivity index (χ1v) is 16.8. The second-order valence-electron chi connectivity index (χ2n) is 13.8. The number of carbonyl (C=O) groups excluding carboxylic acids is 1. The Hall–Kier alpha value is -2.36. The van der Waals surface area contributed by atoms with Crippen LogP contribution in [0.2, 0.25) is 0 Å². The third-order valence-corrected chi connectivity index (χ3v) is 9.24. The number of nitrogens with zero attached hydrogens (tertiary/aromatic N) is 3. The lowest BCUT2D eigenvalue weighted by atomic mass is 9.87. The lowest BCUT2D eigenvalue weighted by Gasteiger charge is -2.35. The smallest absolute Gasteiger partial charge is 0.320 e. The lowest BCUT2D eigenvalue weighted by Crippen LogP contribution is -2.40. The molecule has 3 aromatic rings. The van der Waals surface area contributed by atoms with E-state index in [9.17, 15) is 9.18 Å².